The Balaban J connectivity index is 2.03. The molecule has 23 heavy (non-hydrogen) atoms. The third-order valence-corrected chi connectivity index (χ3v) is 2.95. The van der Waals surface area contributed by atoms with Gasteiger partial charge in [0.2, 0.25) is 0 Å². The highest BCUT2D eigenvalue weighted by Gasteiger charge is 2.16. The second kappa shape index (κ2) is 7.44. The van der Waals surface area contributed by atoms with E-state index in [1.165, 1.54) is 12.4 Å². The van der Waals surface area contributed by atoms with Gasteiger partial charge in [0.05, 0.1) is 0 Å². The summed E-state index contributed by atoms with van der Waals surface area (Å²) in [6.07, 6.45) is 3.10. The Morgan fingerprint density at radius 3 is 2.35 bits per heavy atom. The Bertz CT molecular complexity index is 698. The standard InChI is InChI=1S/C16H14F2N2O3/c1-2-14(21)10-7-12(17)16(13(18)8-10)23-9-15(22)20-11-3-5-19-6-4-11/h3-8H,2,9H2,1H3,(H,19,20,22). The fourth-order valence-corrected chi connectivity index (χ4v) is 1.83. The van der Waals surface area contributed by atoms with Gasteiger partial charge in [-0.3, -0.25) is 14.6 Å². The summed E-state index contributed by atoms with van der Waals surface area (Å²) in [5.41, 5.74) is 0.412. The van der Waals surface area contributed by atoms with Crippen molar-refractivity contribution in [2.24, 2.45) is 0 Å². The smallest absolute Gasteiger partial charge is 0.262 e. The van der Waals surface area contributed by atoms with Crippen molar-refractivity contribution < 1.29 is 23.1 Å². The summed E-state index contributed by atoms with van der Waals surface area (Å²) in [5.74, 6) is -3.71. The predicted octanol–water partition coefficient (Wildman–Crippen LogP) is 2.97. The molecular weight excluding hydrogens is 306 g/mol. The number of carbonyl (C=O) groups is 2. The van der Waals surface area contributed by atoms with Crippen LogP contribution in [-0.4, -0.2) is 23.3 Å². The van der Waals surface area contributed by atoms with Gasteiger partial charge >= 0.3 is 0 Å². The van der Waals surface area contributed by atoms with Crippen LogP contribution in [0, 0.1) is 11.6 Å². The third kappa shape index (κ3) is 4.32. The highest BCUT2D eigenvalue weighted by molar-refractivity contribution is 5.96. The molecule has 0 bridgehead atoms. The Morgan fingerprint density at radius 2 is 1.78 bits per heavy atom. The molecule has 0 aliphatic heterocycles. The van der Waals surface area contributed by atoms with Crippen LogP contribution in [0.25, 0.3) is 0 Å². The second-order valence-corrected chi connectivity index (χ2v) is 4.62. The molecule has 0 aliphatic rings. The number of carbonyl (C=O) groups excluding carboxylic acids is 2. The third-order valence-electron chi connectivity index (χ3n) is 2.95. The van der Waals surface area contributed by atoms with Gasteiger partial charge in [0.25, 0.3) is 5.91 Å². The van der Waals surface area contributed by atoms with E-state index in [1.54, 1.807) is 19.1 Å². The summed E-state index contributed by atoms with van der Waals surface area (Å²) >= 11 is 0. The maximum atomic E-state index is 13.8. The van der Waals surface area contributed by atoms with Crippen LogP contribution >= 0.6 is 0 Å². The SMILES string of the molecule is CCC(=O)c1cc(F)c(OCC(=O)Nc2ccncc2)c(F)c1. The number of Topliss-reactive ketones (excluding diaryl/α,β-unsaturated/α-hetero) is 1. The van der Waals surface area contributed by atoms with Crippen molar-refractivity contribution in [1.82, 2.24) is 4.98 Å². The van der Waals surface area contributed by atoms with Gasteiger partial charge in [0.1, 0.15) is 0 Å². The molecule has 5 nitrogen and oxygen atoms in total. The molecule has 1 aromatic carbocycles. The minimum Gasteiger partial charge on any atom is -0.478 e. The van der Waals surface area contributed by atoms with Crippen LogP contribution in [0.4, 0.5) is 14.5 Å². The van der Waals surface area contributed by atoms with Gasteiger partial charge in [-0.25, -0.2) is 8.78 Å². The van der Waals surface area contributed by atoms with E-state index in [4.69, 9.17) is 4.74 Å². The summed E-state index contributed by atoms with van der Waals surface area (Å²) in [5, 5.41) is 2.49. The van der Waals surface area contributed by atoms with E-state index < -0.39 is 29.9 Å². The van der Waals surface area contributed by atoms with Crippen molar-refractivity contribution in [2.75, 3.05) is 11.9 Å². The molecule has 0 spiro atoms. The monoisotopic (exact) mass is 320 g/mol. The molecule has 1 heterocycles. The molecule has 0 aliphatic carbocycles. The fraction of sp³-hybridized carbons (Fsp3) is 0.188. The Kier molecular flexibility index (Phi) is 5.35. The average Bonchev–Trinajstić information content (AvgIpc) is 2.54. The van der Waals surface area contributed by atoms with Gasteiger partial charge in [-0.2, -0.15) is 0 Å². The summed E-state index contributed by atoms with van der Waals surface area (Å²) in [4.78, 5) is 26.9. The lowest BCUT2D eigenvalue weighted by molar-refractivity contribution is -0.118. The molecule has 0 saturated carbocycles. The number of nitrogens with zero attached hydrogens (tertiary/aromatic N) is 1. The first-order valence-corrected chi connectivity index (χ1v) is 6.86. The topological polar surface area (TPSA) is 68.3 Å². The number of rotatable bonds is 6. The molecule has 2 aromatic rings. The highest BCUT2D eigenvalue weighted by atomic mass is 19.1. The lowest BCUT2D eigenvalue weighted by Gasteiger charge is -2.10. The molecule has 0 radical (unpaired) electrons. The van der Waals surface area contributed by atoms with E-state index >= 15 is 0 Å². The van der Waals surface area contributed by atoms with E-state index in [1.807, 2.05) is 0 Å². The van der Waals surface area contributed by atoms with E-state index in [0.29, 0.717) is 5.69 Å². The first kappa shape index (κ1) is 16.5. The quantitative estimate of drug-likeness (QED) is 0.831. The van der Waals surface area contributed by atoms with Crippen molar-refractivity contribution >= 4 is 17.4 Å². The molecule has 0 saturated heterocycles. The van der Waals surface area contributed by atoms with Gasteiger partial charge in [0.15, 0.2) is 29.8 Å². The number of amides is 1. The van der Waals surface area contributed by atoms with Crippen LogP contribution in [0.3, 0.4) is 0 Å². The van der Waals surface area contributed by atoms with E-state index in [-0.39, 0.29) is 17.8 Å². The Hall–Kier alpha value is -2.83. The number of anilines is 1. The number of hydrogen-bond acceptors (Lipinski definition) is 4. The van der Waals surface area contributed by atoms with Crippen molar-refractivity contribution in [3.63, 3.8) is 0 Å². The van der Waals surface area contributed by atoms with Gasteiger partial charge in [-0.05, 0) is 24.3 Å². The number of ketones is 1. The molecule has 1 amide bonds. The minimum absolute atomic E-state index is 0.0731. The summed E-state index contributed by atoms with van der Waals surface area (Å²) in [6, 6.07) is 4.91. The molecule has 0 fully saturated rings. The van der Waals surface area contributed by atoms with E-state index in [2.05, 4.69) is 10.3 Å². The largest absolute Gasteiger partial charge is 0.478 e. The molecule has 7 heteroatoms. The molecule has 120 valence electrons. The van der Waals surface area contributed by atoms with Crippen LogP contribution < -0.4 is 10.1 Å². The predicted molar refractivity (Wildman–Crippen MR) is 79.3 cm³/mol. The second-order valence-electron chi connectivity index (χ2n) is 4.62. The van der Waals surface area contributed by atoms with Crippen LogP contribution in [0.5, 0.6) is 5.75 Å². The number of halogens is 2. The normalized spacial score (nSPS) is 10.2. The van der Waals surface area contributed by atoms with Gasteiger partial charge in [-0.15, -0.1) is 0 Å². The Morgan fingerprint density at radius 1 is 1.17 bits per heavy atom. The van der Waals surface area contributed by atoms with Crippen molar-refractivity contribution in [3.8, 4) is 5.75 Å². The maximum absolute atomic E-state index is 13.8. The van der Waals surface area contributed by atoms with E-state index in [0.717, 1.165) is 12.1 Å². The average molecular weight is 320 g/mol. The number of benzene rings is 1. The van der Waals surface area contributed by atoms with Gasteiger partial charge in [-0.1, -0.05) is 6.92 Å². The molecule has 0 unspecified atom stereocenters. The lowest BCUT2D eigenvalue weighted by atomic mass is 10.1. The molecule has 1 aromatic heterocycles. The van der Waals surface area contributed by atoms with Crippen molar-refractivity contribution in [2.45, 2.75) is 13.3 Å². The molecule has 0 atom stereocenters. The number of ether oxygens (including phenoxy) is 1. The lowest BCUT2D eigenvalue weighted by Crippen LogP contribution is -2.21. The van der Waals surface area contributed by atoms with Crippen LogP contribution in [-0.2, 0) is 4.79 Å². The van der Waals surface area contributed by atoms with Crippen LogP contribution in [0.1, 0.15) is 23.7 Å². The maximum Gasteiger partial charge on any atom is 0.262 e. The number of pyridine rings is 1. The number of nitrogens with one attached hydrogen (secondary N) is 1. The minimum atomic E-state index is -1.03. The molecule has 2 rings (SSSR count). The first-order valence-electron chi connectivity index (χ1n) is 6.86. The van der Waals surface area contributed by atoms with E-state index in [9.17, 15) is 18.4 Å². The van der Waals surface area contributed by atoms with Crippen LogP contribution in [0.2, 0.25) is 0 Å². The summed E-state index contributed by atoms with van der Waals surface area (Å²) in [6.45, 7) is 1.02. The van der Waals surface area contributed by atoms with Crippen molar-refractivity contribution in [3.05, 3.63) is 53.9 Å². The summed E-state index contributed by atoms with van der Waals surface area (Å²) < 4.78 is 32.5. The van der Waals surface area contributed by atoms with Crippen molar-refractivity contribution in [1.29, 1.82) is 0 Å². The van der Waals surface area contributed by atoms with Crippen LogP contribution in [0.15, 0.2) is 36.7 Å². The highest BCUT2D eigenvalue weighted by Crippen LogP contribution is 2.24. The summed E-state index contributed by atoms with van der Waals surface area (Å²) in [7, 11) is 0. The zero-order valence-electron chi connectivity index (χ0n) is 12.3. The zero-order chi connectivity index (χ0) is 16.8. The molecule has 1 N–H and O–H groups in total. The Labute approximate surface area is 131 Å². The molecular formula is C16H14F2N2O3. The fourth-order valence-electron chi connectivity index (χ4n) is 1.83. The first-order chi connectivity index (χ1) is 11.0. The van der Waals surface area contributed by atoms with Gasteiger partial charge < -0.3 is 10.1 Å². The number of aromatic nitrogens is 1. The number of hydrogen-bond donors (Lipinski definition) is 1. The van der Waals surface area contributed by atoms with Gasteiger partial charge in [0, 0.05) is 30.1 Å². The zero-order valence-corrected chi connectivity index (χ0v) is 12.3.